The zero-order chi connectivity index (χ0) is 24.0. The highest BCUT2D eigenvalue weighted by atomic mass is 16.6. The van der Waals surface area contributed by atoms with E-state index in [0.717, 1.165) is 63.0 Å². The molecule has 0 saturated carbocycles. The minimum atomic E-state index is -0.345. The molecular weight excluding hydrogens is 442 g/mol. The molecule has 0 spiro atoms. The van der Waals surface area contributed by atoms with Crippen LogP contribution in [-0.4, -0.2) is 34.9 Å². The number of rotatable bonds is 8. The first-order chi connectivity index (χ1) is 17.2. The van der Waals surface area contributed by atoms with E-state index in [-0.39, 0.29) is 16.1 Å². The molecule has 5 rings (SSSR count). The Morgan fingerprint density at radius 2 is 1.51 bits per heavy atom. The summed E-state index contributed by atoms with van der Waals surface area (Å²) in [4.78, 5) is 16.2. The van der Waals surface area contributed by atoms with Crippen molar-refractivity contribution >= 4 is 28.1 Å². The molecule has 2 heterocycles. The Morgan fingerprint density at radius 1 is 0.886 bits per heavy atom. The summed E-state index contributed by atoms with van der Waals surface area (Å²) in [6.45, 7) is 2.95. The van der Waals surface area contributed by atoms with Gasteiger partial charge < -0.3 is 9.80 Å². The monoisotopic (exact) mass is 471 g/mol. The number of nitro benzene ring substituents is 1. The molecule has 1 aliphatic rings. The molecule has 180 valence electrons. The molecule has 1 aliphatic heterocycles. The minimum Gasteiger partial charge on any atom is -0.366 e. The number of hydrogen-bond donors (Lipinski definition) is 0. The van der Waals surface area contributed by atoms with Gasteiger partial charge in [-0.25, -0.2) is 4.63 Å². The van der Waals surface area contributed by atoms with Gasteiger partial charge in [0, 0.05) is 26.2 Å². The highest BCUT2D eigenvalue weighted by Gasteiger charge is 2.30. The average molecular weight is 472 g/mol. The first-order valence-corrected chi connectivity index (χ1v) is 12.2. The van der Waals surface area contributed by atoms with E-state index < -0.39 is 0 Å². The van der Waals surface area contributed by atoms with Crippen molar-refractivity contribution in [3.63, 3.8) is 0 Å². The van der Waals surface area contributed by atoms with E-state index in [1.165, 1.54) is 5.56 Å². The Kier molecular flexibility index (Phi) is 6.88. The molecule has 0 atom stereocenters. The maximum atomic E-state index is 12.2. The van der Waals surface area contributed by atoms with E-state index in [1.807, 2.05) is 42.5 Å². The van der Waals surface area contributed by atoms with E-state index in [1.54, 1.807) is 0 Å². The summed E-state index contributed by atoms with van der Waals surface area (Å²) in [5.74, 6) is 0. The maximum absolute atomic E-state index is 12.2. The summed E-state index contributed by atoms with van der Waals surface area (Å²) in [5, 5.41) is 20.3. The second-order valence-corrected chi connectivity index (χ2v) is 9.03. The molecule has 0 radical (unpaired) electrons. The molecule has 0 aliphatic carbocycles. The van der Waals surface area contributed by atoms with Gasteiger partial charge in [0.25, 0.3) is 0 Å². The number of benzene rings is 3. The van der Waals surface area contributed by atoms with Crippen LogP contribution in [0.2, 0.25) is 0 Å². The van der Waals surface area contributed by atoms with Crippen LogP contribution in [-0.2, 0) is 13.0 Å². The van der Waals surface area contributed by atoms with Crippen LogP contribution in [0, 0.1) is 10.1 Å². The van der Waals surface area contributed by atoms with Crippen LogP contribution in [0.15, 0.2) is 71.4 Å². The SMILES string of the molecule is O=[N+]([O-])c1c(N2CCCCCC2)cc(N(CCc2ccccc2)Cc2ccccc2)c2nonc12. The summed E-state index contributed by atoms with van der Waals surface area (Å²) < 4.78 is 5.08. The van der Waals surface area contributed by atoms with Crippen LogP contribution in [0.25, 0.3) is 11.0 Å². The number of aromatic nitrogens is 2. The standard InChI is InChI=1S/C27H29N5O3/c33-32(34)27-24(30-16-9-1-2-10-17-30)19-23(25-26(27)29-35-28-25)31(20-22-13-7-4-8-14-22)18-15-21-11-5-3-6-12-21/h3-8,11-14,19H,1-2,9-10,15-18,20H2. The molecule has 0 unspecified atom stereocenters. The zero-order valence-electron chi connectivity index (χ0n) is 19.7. The van der Waals surface area contributed by atoms with Crippen molar-refractivity contribution in [3.8, 4) is 0 Å². The molecule has 0 N–H and O–H groups in total. The molecule has 8 heteroatoms. The Labute approximate surface area is 204 Å². The van der Waals surface area contributed by atoms with Gasteiger partial charge in [0.05, 0.1) is 10.6 Å². The van der Waals surface area contributed by atoms with Crippen molar-refractivity contribution in [2.45, 2.75) is 38.6 Å². The molecule has 1 saturated heterocycles. The van der Waals surface area contributed by atoms with E-state index in [0.29, 0.717) is 17.7 Å². The van der Waals surface area contributed by atoms with Crippen LogP contribution < -0.4 is 9.80 Å². The largest absolute Gasteiger partial charge is 0.366 e. The molecule has 4 aromatic rings. The molecule has 0 amide bonds. The lowest BCUT2D eigenvalue weighted by molar-refractivity contribution is -0.382. The predicted molar refractivity (Wildman–Crippen MR) is 137 cm³/mol. The Morgan fingerprint density at radius 3 is 2.17 bits per heavy atom. The number of nitro groups is 1. The third kappa shape index (κ3) is 5.11. The molecule has 3 aromatic carbocycles. The van der Waals surface area contributed by atoms with Gasteiger partial charge in [0.2, 0.25) is 5.52 Å². The van der Waals surface area contributed by atoms with Crippen molar-refractivity contribution in [1.82, 2.24) is 10.3 Å². The van der Waals surface area contributed by atoms with Crippen molar-refractivity contribution in [2.75, 3.05) is 29.4 Å². The van der Waals surface area contributed by atoms with Crippen LogP contribution in [0.4, 0.5) is 17.1 Å². The number of fused-ring (bicyclic) bond motifs is 1. The van der Waals surface area contributed by atoms with Crippen molar-refractivity contribution in [2.24, 2.45) is 0 Å². The molecule has 1 aromatic heterocycles. The van der Waals surface area contributed by atoms with Crippen molar-refractivity contribution in [3.05, 3.63) is 88.0 Å². The van der Waals surface area contributed by atoms with E-state index in [9.17, 15) is 10.1 Å². The molecular formula is C27H29N5O3. The third-order valence-corrected chi connectivity index (χ3v) is 6.67. The molecule has 35 heavy (non-hydrogen) atoms. The number of anilines is 2. The van der Waals surface area contributed by atoms with E-state index >= 15 is 0 Å². The van der Waals surface area contributed by atoms with Crippen molar-refractivity contribution < 1.29 is 9.55 Å². The summed E-state index contributed by atoms with van der Waals surface area (Å²) in [6.07, 6.45) is 5.15. The fourth-order valence-electron chi connectivity index (χ4n) is 4.87. The first kappa shape index (κ1) is 22.8. The second kappa shape index (κ2) is 10.5. The summed E-state index contributed by atoms with van der Waals surface area (Å²) in [5.41, 5.74) is 4.42. The lowest BCUT2D eigenvalue weighted by Crippen LogP contribution is -2.28. The molecule has 0 bridgehead atoms. The van der Waals surface area contributed by atoms with Gasteiger partial charge >= 0.3 is 5.69 Å². The van der Waals surface area contributed by atoms with Crippen LogP contribution in [0.1, 0.15) is 36.8 Å². The lowest BCUT2D eigenvalue weighted by atomic mass is 10.1. The smallest absolute Gasteiger partial charge is 0.323 e. The van der Waals surface area contributed by atoms with Crippen LogP contribution in [0.5, 0.6) is 0 Å². The van der Waals surface area contributed by atoms with Gasteiger partial charge in [-0.15, -0.1) is 0 Å². The first-order valence-electron chi connectivity index (χ1n) is 12.2. The number of nitrogens with zero attached hydrogens (tertiary/aromatic N) is 5. The van der Waals surface area contributed by atoms with Crippen molar-refractivity contribution in [1.29, 1.82) is 0 Å². The topological polar surface area (TPSA) is 88.5 Å². The summed E-state index contributed by atoms with van der Waals surface area (Å²) >= 11 is 0. The maximum Gasteiger partial charge on any atom is 0.323 e. The minimum absolute atomic E-state index is 0.0189. The Bertz CT molecular complexity index is 1270. The van der Waals surface area contributed by atoms with Crippen LogP contribution in [0.3, 0.4) is 0 Å². The third-order valence-electron chi connectivity index (χ3n) is 6.67. The van der Waals surface area contributed by atoms with Gasteiger partial charge in [0.15, 0.2) is 5.52 Å². The summed E-state index contributed by atoms with van der Waals surface area (Å²) in [7, 11) is 0. The lowest BCUT2D eigenvalue weighted by Gasteiger charge is -2.28. The highest BCUT2D eigenvalue weighted by Crippen LogP contribution is 2.41. The van der Waals surface area contributed by atoms with Gasteiger partial charge in [-0.2, -0.15) is 0 Å². The highest BCUT2D eigenvalue weighted by molar-refractivity contribution is 6.00. The normalized spacial score (nSPS) is 14.1. The molecule has 1 fully saturated rings. The number of hydrogen-bond acceptors (Lipinski definition) is 7. The Hall–Kier alpha value is -3.94. The van der Waals surface area contributed by atoms with E-state index in [4.69, 9.17) is 4.63 Å². The fourth-order valence-corrected chi connectivity index (χ4v) is 4.87. The quantitative estimate of drug-likeness (QED) is 0.238. The fraction of sp³-hybridized carbons (Fsp3) is 0.333. The predicted octanol–water partition coefficient (Wildman–Crippen LogP) is 5.76. The summed E-state index contributed by atoms with van der Waals surface area (Å²) in [6, 6.07) is 22.5. The molecule has 8 nitrogen and oxygen atoms in total. The van der Waals surface area contributed by atoms with Gasteiger partial charge in [-0.1, -0.05) is 73.5 Å². The van der Waals surface area contributed by atoms with Gasteiger partial charge in [0.1, 0.15) is 5.69 Å². The average Bonchev–Trinajstić information content (AvgIpc) is 3.21. The van der Waals surface area contributed by atoms with Gasteiger partial charge in [-0.3, -0.25) is 10.1 Å². The van der Waals surface area contributed by atoms with E-state index in [2.05, 4.69) is 44.4 Å². The Balaban J connectivity index is 1.60. The van der Waals surface area contributed by atoms with Gasteiger partial charge in [-0.05, 0) is 46.8 Å². The van der Waals surface area contributed by atoms with Crippen LogP contribution >= 0.6 is 0 Å². The second-order valence-electron chi connectivity index (χ2n) is 9.03. The zero-order valence-corrected chi connectivity index (χ0v) is 19.7.